The first-order valence-corrected chi connectivity index (χ1v) is 12.7. The van der Waals surface area contributed by atoms with Gasteiger partial charge in [-0.05, 0) is 50.8 Å². The molecule has 1 aromatic carbocycles. The minimum absolute atomic E-state index is 0.421. The second-order valence-electron chi connectivity index (χ2n) is 9.06. The number of hydrogen-bond donors (Lipinski definition) is 0. The lowest BCUT2D eigenvalue weighted by Gasteiger charge is -2.35. The molecule has 0 spiro atoms. The van der Waals surface area contributed by atoms with Crippen molar-refractivity contribution >= 4 is 5.97 Å². The molecule has 5 nitrogen and oxygen atoms in total. The fourth-order valence-electron chi connectivity index (χ4n) is 4.07. The lowest BCUT2D eigenvalue weighted by atomic mass is 9.98. The van der Waals surface area contributed by atoms with E-state index < -0.39 is 17.9 Å². The molecule has 1 heterocycles. The quantitative estimate of drug-likeness (QED) is 0.170. The predicted octanol–water partition coefficient (Wildman–Crippen LogP) is 6.70. The van der Waals surface area contributed by atoms with Crippen molar-refractivity contribution in [3.05, 3.63) is 29.3 Å². The Kier molecular flexibility index (Phi) is 12.3. The number of methoxy groups -OCH3 is 1. The second-order valence-corrected chi connectivity index (χ2v) is 9.06. The molecule has 0 bridgehead atoms. The number of ether oxygens (including phenoxy) is 4. The molecule has 0 N–H and O–H groups in total. The highest BCUT2D eigenvalue weighted by molar-refractivity contribution is 5.77. The zero-order valence-electron chi connectivity index (χ0n) is 20.8. The zero-order valence-corrected chi connectivity index (χ0v) is 20.8. The summed E-state index contributed by atoms with van der Waals surface area (Å²) in [6, 6.07) is 6.00. The summed E-state index contributed by atoms with van der Waals surface area (Å²) < 4.78 is 22.7. The molecule has 0 aliphatic carbocycles. The normalized spacial score (nSPS) is 16.6. The lowest BCUT2D eigenvalue weighted by molar-refractivity contribution is -0.265. The van der Waals surface area contributed by atoms with Crippen LogP contribution in [0.15, 0.2) is 18.2 Å². The Balaban J connectivity index is 1.90. The van der Waals surface area contributed by atoms with E-state index in [-0.39, 0.29) is 0 Å². The summed E-state index contributed by atoms with van der Waals surface area (Å²) in [5.74, 6) is -0.844. The van der Waals surface area contributed by atoms with Crippen LogP contribution >= 0.6 is 0 Å². The van der Waals surface area contributed by atoms with Crippen molar-refractivity contribution in [3.63, 3.8) is 0 Å². The minimum Gasteiger partial charge on any atom is -0.424 e. The second kappa shape index (κ2) is 14.7. The van der Waals surface area contributed by atoms with Gasteiger partial charge in [-0.3, -0.25) is 0 Å². The summed E-state index contributed by atoms with van der Waals surface area (Å²) in [5.41, 5.74) is 2.00. The third-order valence-corrected chi connectivity index (χ3v) is 6.29. The van der Waals surface area contributed by atoms with Gasteiger partial charge in [0.15, 0.2) is 11.9 Å². The van der Waals surface area contributed by atoms with Crippen molar-refractivity contribution in [2.24, 2.45) is 0 Å². The maximum atomic E-state index is 12.3. The molecule has 0 amide bonds. The van der Waals surface area contributed by atoms with Crippen LogP contribution in [0, 0.1) is 0 Å². The van der Waals surface area contributed by atoms with Crippen LogP contribution in [0.1, 0.15) is 103 Å². The van der Waals surface area contributed by atoms with Crippen LogP contribution in [-0.2, 0) is 31.2 Å². The molecule has 0 radical (unpaired) electrons. The van der Waals surface area contributed by atoms with E-state index in [1.165, 1.54) is 70.5 Å². The first-order valence-electron chi connectivity index (χ1n) is 12.7. The topological polar surface area (TPSA) is 54.0 Å². The van der Waals surface area contributed by atoms with E-state index in [1.807, 2.05) is 19.1 Å². The summed E-state index contributed by atoms with van der Waals surface area (Å²) in [5, 5.41) is 0. The number of unbranched alkanes of at least 4 members (excludes halogenated alkanes) is 9. The largest absolute Gasteiger partial charge is 0.424 e. The smallest absolute Gasteiger partial charge is 0.340 e. The van der Waals surface area contributed by atoms with Gasteiger partial charge in [0.25, 0.3) is 0 Å². The standard InChI is InChI=1S/C27H44O5/c1-5-6-7-8-9-10-11-12-13-14-16-23-17-18-25(32-26(28)22(2)29-4)24(21-23)27(3)30-19-15-20-31-27/h17-18,21-22H,5-16,19-20H2,1-4H3. The molecular formula is C27H44O5. The molecule has 182 valence electrons. The SMILES string of the molecule is CCCCCCCCCCCCc1ccc(OC(=O)C(C)OC)c(C2(C)OCCCO2)c1. The van der Waals surface area contributed by atoms with Crippen LogP contribution in [0.2, 0.25) is 0 Å². The monoisotopic (exact) mass is 448 g/mol. The van der Waals surface area contributed by atoms with Gasteiger partial charge in [0, 0.05) is 7.11 Å². The summed E-state index contributed by atoms with van der Waals surface area (Å²) in [7, 11) is 1.50. The molecule has 32 heavy (non-hydrogen) atoms. The van der Waals surface area contributed by atoms with Gasteiger partial charge >= 0.3 is 5.97 Å². The van der Waals surface area contributed by atoms with Gasteiger partial charge in [0.2, 0.25) is 0 Å². The van der Waals surface area contributed by atoms with E-state index in [2.05, 4.69) is 13.0 Å². The third kappa shape index (κ3) is 8.84. The molecule has 1 atom stereocenters. The van der Waals surface area contributed by atoms with E-state index in [0.29, 0.717) is 19.0 Å². The van der Waals surface area contributed by atoms with E-state index in [4.69, 9.17) is 18.9 Å². The summed E-state index contributed by atoms with van der Waals surface area (Å²) in [6.45, 7) is 7.10. The van der Waals surface area contributed by atoms with Gasteiger partial charge in [0.05, 0.1) is 18.8 Å². The van der Waals surface area contributed by atoms with Crippen molar-refractivity contribution < 1.29 is 23.7 Å². The minimum atomic E-state index is -0.905. The number of rotatable bonds is 15. The number of aryl methyl sites for hydroxylation is 1. The van der Waals surface area contributed by atoms with Crippen molar-refractivity contribution in [3.8, 4) is 5.75 Å². The third-order valence-electron chi connectivity index (χ3n) is 6.29. The van der Waals surface area contributed by atoms with Crippen molar-refractivity contribution in [2.75, 3.05) is 20.3 Å². The van der Waals surface area contributed by atoms with E-state index in [0.717, 1.165) is 24.8 Å². The molecule has 2 rings (SSSR count). The fraction of sp³-hybridized carbons (Fsp3) is 0.741. The summed E-state index contributed by atoms with van der Waals surface area (Å²) in [4.78, 5) is 12.3. The lowest BCUT2D eigenvalue weighted by Crippen LogP contribution is -2.36. The molecule has 1 aromatic rings. The molecule has 1 fully saturated rings. The molecular weight excluding hydrogens is 404 g/mol. The maximum Gasteiger partial charge on any atom is 0.340 e. The first-order chi connectivity index (χ1) is 15.5. The number of hydrogen-bond acceptors (Lipinski definition) is 5. The Hall–Kier alpha value is -1.43. The average Bonchev–Trinajstić information content (AvgIpc) is 2.80. The predicted molar refractivity (Wildman–Crippen MR) is 128 cm³/mol. The van der Waals surface area contributed by atoms with Crippen molar-refractivity contribution in [1.29, 1.82) is 0 Å². The Morgan fingerprint density at radius 1 is 1.00 bits per heavy atom. The Morgan fingerprint density at radius 3 is 2.19 bits per heavy atom. The van der Waals surface area contributed by atoms with Crippen molar-refractivity contribution in [2.45, 2.75) is 110 Å². The Bertz CT molecular complexity index is 666. The number of carbonyl (C=O) groups excluding carboxylic acids is 1. The molecule has 0 aromatic heterocycles. The van der Waals surface area contributed by atoms with Gasteiger partial charge in [-0.2, -0.15) is 0 Å². The van der Waals surface area contributed by atoms with Crippen LogP contribution in [0.4, 0.5) is 0 Å². The van der Waals surface area contributed by atoms with Crippen LogP contribution < -0.4 is 4.74 Å². The highest BCUT2D eigenvalue weighted by Crippen LogP contribution is 2.37. The molecule has 1 unspecified atom stereocenters. The van der Waals surface area contributed by atoms with Gasteiger partial charge in [-0.15, -0.1) is 0 Å². The summed E-state index contributed by atoms with van der Waals surface area (Å²) in [6.07, 6.45) is 14.5. The molecule has 0 saturated carbocycles. The van der Waals surface area contributed by atoms with Crippen LogP contribution in [-0.4, -0.2) is 32.4 Å². The van der Waals surface area contributed by atoms with Gasteiger partial charge < -0.3 is 18.9 Å². The fourth-order valence-corrected chi connectivity index (χ4v) is 4.07. The number of esters is 1. The number of benzene rings is 1. The van der Waals surface area contributed by atoms with Gasteiger partial charge in [-0.1, -0.05) is 70.8 Å². The highest BCUT2D eigenvalue weighted by Gasteiger charge is 2.35. The van der Waals surface area contributed by atoms with Crippen LogP contribution in [0.5, 0.6) is 5.75 Å². The Labute approximate surface area is 195 Å². The van der Waals surface area contributed by atoms with Crippen LogP contribution in [0.3, 0.4) is 0 Å². The maximum absolute atomic E-state index is 12.3. The molecule has 1 aliphatic heterocycles. The van der Waals surface area contributed by atoms with Gasteiger partial charge in [-0.25, -0.2) is 4.79 Å². The average molecular weight is 449 g/mol. The molecule has 5 heteroatoms. The summed E-state index contributed by atoms with van der Waals surface area (Å²) >= 11 is 0. The zero-order chi connectivity index (χ0) is 23.2. The van der Waals surface area contributed by atoms with E-state index in [9.17, 15) is 4.79 Å². The van der Waals surface area contributed by atoms with E-state index >= 15 is 0 Å². The first kappa shape index (κ1) is 26.8. The molecule has 1 aliphatic rings. The number of carbonyl (C=O) groups is 1. The Morgan fingerprint density at radius 2 is 1.59 bits per heavy atom. The van der Waals surface area contributed by atoms with Crippen molar-refractivity contribution in [1.82, 2.24) is 0 Å². The van der Waals surface area contributed by atoms with Crippen LogP contribution in [0.25, 0.3) is 0 Å². The van der Waals surface area contributed by atoms with E-state index in [1.54, 1.807) is 6.92 Å². The molecule has 1 saturated heterocycles. The van der Waals surface area contributed by atoms with Gasteiger partial charge in [0.1, 0.15) is 5.75 Å². The highest BCUT2D eigenvalue weighted by atomic mass is 16.7.